The second-order valence-electron chi connectivity index (χ2n) is 5.51. The van der Waals surface area contributed by atoms with Gasteiger partial charge in [0, 0.05) is 18.3 Å². The van der Waals surface area contributed by atoms with Crippen LogP contribution in [0, 0.1) is 11.8 Å². The lowest BCUT2D eigenvalue weighted by Gasteiger charge is -2.26. The van der Waals surface area contributed by atoms with E-state index in [0.29, 0.717) is 18.2 Å². The topological polar surface area (TPSA) is 68.0 Å². The van der Waals surface area contributed by atoms with Crippen LogP contribution in [0.5, 0.6) is 0 Å². The van der Waals surface area contributed by atoms with Gasteiger partial charge in [-0.2, -0.15) is 0 Å². The zero-order valence-corrected chi connectivity index (χ0v) is 12.3. The molecule has 1 amide bonds. The molecule has 2 rings (SSSR count). The van der Waals surface area contributed by atoms with Crippen LogP contribution in [0.15, 0.2) is 5.38 Å². The van der Waals surface area contributed by atoms with Crippen LogP contribution in [0.2, 0.25) is 0 Å². The second-order valence-corrected chi connectivity index (χ2v) is 6.46. The Balaban J connectivity index is 1.79. The smallest absolute Gasteiger partial charge is 0.270 e. The van der Waals surface area contributed by atoms with E-state index < -0.39 is 0 Å². The first-order chi connectivity index (χ1) is 9.19. The third-order valence-corrected chi connectivity index (χ3v) is 4.65. The molecule has 0 bridgehead atoms. The maximum Gasteiger partial charge on any atom is 0.270 e. The summed E-state index contributed by atoms with van der Waals surface area (Å²) in [6.07, 6.45) is 5.84. The minimum absolute atomic E-state index is 0.0438. The van der Waals surface area contributed by atoms with Crippen LogP contribution in [0.4, 0.5) is 0 Å². The average Bonchev–Trinajstić information content (AvgIpc) is 2.85. The number of carbonyl (C=O) groups excluding carboxylic acids is 1. The predicted molar refractivity (Wildman–Crippen MR) is 78.3 cm³/mol. The summed E-state index contributed by atoms with van der Waals surface area (Å²) in [5, 5.41) is 5.79. The maximum absolute atomic E-state index is 12.0. The number of amides is 1. The van der Waals surface area contributed by atoms with Crippen LogP contribution in [-0.2, 0) is 6.42 Å². The highest BCUT2D eigenvalue weighted by Crippen LogP contribution is 2.27. The molecule has 2 unspecified atom stereocenters. The first-order valence-corrected chi connectivity index (χ1v) is 7.99. The largest absolute Gasteiger partial charge is 0.350 e. The molecule has 0 saturated heterocycles. The standard InChI is InChI=1S/C14H23N3OS/c1-10-3-2-4-11(7-10)8-16-14(18)12-9-19-13(17-12)5-6-15/h9-11H,2-8,15H2,1H3,(H,16,18). The predicted octanol–water partition coefficient (Wildman–Crippen LogP) is 2.20. The van der Waals surface area contributed by atoms with Crippen molar-refractivity contribution in [1.29, 1.82) is 0 Å². The van der Waals surface area contributed by atoms with Crippen LogP contribution >= 0.6 is 11.3 Å². The van der Waals surface area contributed by atoms with Crippen molar-refractivity contribution in [3.05, 3.63) is 16.1 Å². The van der Waals surface area contributed by atoms with Crippen molar-refractivity contribution in [3.63, 3.8) is 0 Å². The Morgan fingerprint density at radius 2 is 2.42 bits per heavy atom. The molecule has 1 aliphatic rings. The number of nitrogens with one attached hydrogen (secondary N) is 1. The maximum atomic E-state index is 12.0. The van der Waals surface area contributed by atoms with Crippen molar-refractivity contribution in [2.75, 3.05) is 13.1 Å². The molecule has 1 aromatic heterocycles. The summed E-state index contributed by atoms with van der Waals surface area (Å²) in [5.74, 6) is 1.39. The molecule has 4 nitrogen and oxygen atoms in total. The first kappa shape index (κ1) is 14.5. The molecule has 1 fully saturated rings. The fraction of sp³-hybridized carbons (Fsp3) is 0.714. The van der Waals surface area contributed by atoms with Crippen LogP contribution in [0.3, 0.4) is 0 Å². The summed E-state index contributed by atoms with van der Waals surface area (Å²) < 4.78 is 0. The summed E-state index contributed by atoms with van der Waals surface area (Å²) in [5.41, 5.74) is 6.02. The van der Waals surface area contributed by atoms with Crippen molar-refractivity contribution in [2.24, 2.45) is 17.6 Å². The lowest BCUT2D eigenvalue weighted by Crippen LogP contribution is -2.31. The molecule has 0 aromatic carbocycles. The molecule has 106 valence electrons. The van der Waals surface area contributed by atoms with E-state index in [-0.39, 0.29) is 5.91 Å². The Bertz CT molecular complexity index is 419. The minimum atomic E-state index is -0.0438. The normalized spacial score (nSPS) is 23.3. The molecule has 19 heavy (non-hydrogen) atoms. The number of hydrogen-bond acceptors (Lipinski definition) is 4. The van der Waals surface area contributed by atoms with Gasteiger partial charge in [-0.05, 0) is 31.2 Å². The highest BCUT2D eigenvalue weighted by atomic mass is 32.1. The van der Waals surface area contributed by atoms with E-state index in [4.69, 9.17) is 5.73 Å². The number of aromatic nitrogens is 1. The number of nitrogens with two attached hydrogens (primary N) is 1. The van der Waals surface area contributed by atoms with Gasteiger partial charge < -0.3 is 11.1 Å². The van der Waals surface area contributed by atoms with Crippen molar-refractivity contribution in [3.8, 4) is 0 Å². The zero-order valence-electron chi connectivity index (χ0n) is 11.5. The van der Waals surface area contributed by atoms with Gasteiger partial charge in [-0.15, -0.1) is 11.3 Å². The van der Waals surface area contributed by atoms with Gasteiger partial charge in [0.25, 0.3) is 5.91 Å². The first-order valence-electron chi connectivity index (χ1n) is 7.11. The molecule has 0 spiro atoms. The van der Waals surface area contributed by atoms with E-state index in [2.05, 4.69) is 17.2 Å². The van der Waals surface area contributed by atoms with Crippen molar-refractivity contribution < 1.29 is 4.79 Å². The van der Waals surface area contributed by atoms with Gasteiger partial charge in [-0.3, -0.25) is 4.79 Å². The second kappa shape index (κ2) is 7.01. The van der Waals surface area contributed by atoms with Crippen LogP contribution in [0.1, 0.15) is 48.1 Å². The number of carbonyl (C=O) groups is 1. The van der Waals surface area contributed by atoms with Crippen LogP contribution in [0.25, 0.3) is 0 Å². The minimum Gasteiger partial charge on any atom is -0.350 e. The highest BCUT2D eigenvalue weighted by molar-refractivity contribution is 7.09. The third kappa shape index (κ3) is 4.28. The molecule has 3 N–H and O–H groups in total. The van der Waals surface area contributed by atoms with Gasteiger partial charge in [0.05, 0.1) is 5.01 Å². The summed E-state index contributed by atoms with van der Waals surface area (Å²) in [4.78, 5) is 16.3. The van der Waals surface area contributed by atoms with Gasteiger partial charge in [0.2, 0.25) is 0 Å². The fourth-order valence-electron chi connectivity index (χ4n) is 2.73. The van der Waals surface area contributed by atoms with Crippen molar-refractivity contribution in [2.45, 2.75) is 39.0 Å². The van der Waals surface area contributed by atoms with E-state index in [0.717, 1.165) is 23.9 Å². The Morgan fingerprint density at radius 3 is 3.16 bits per heavy atom. The summed E-state index contributed by atoms with van der Waals surface area (Å²) in [7, 11) is 0. The molecule has 1 heterocycles. The third-order valence-electron chi connectivity index (χ3n) is 3.74. The van der Waals surface area contributed by atoms with Gasteiger partial charge >= 0.3 is 0 Å². The fourth-order valence-corrected chi connectivity index (χ4v) is 3.52. The highest BCUT2D eigenvalue weighted by Gasteiger charge is 2.20. The molecule has 1 aliphatic carbocycles. The lowest BCUT2D eigenvalue weighted by molar-refractivity contribution is 0.0936. The van der Waals surface area contributed by atoms with E-state index in [9.17, 15) is 4.79 Å². The van der Waals surface area contributed by atoms with Crippen LogP contribution in [-0.4, -0.2) is 24.0 Å². The van der Waals surface area contributed by atoms with Crippen molar-refractivity contribution in [1.82, 2.24) is 10.3 Å². The molecule has 1 saturated carbocycles. The quantitative estimate of drug-likeness (QED) is 0.869. The molecular formula is C14H23N3OS. The number of nitrogens with zero attached hydrogens (tertiary/aromatic N) is 1. The summed E-state index contributed by atoms with van der Waals surface area (Å²) in [6.45, 7) is 3.66. The van der Waals surface area contributed by atoms with Gasteiger partial charge in [-0.25, -0.2) is 4.98 Å². The van der Waals surface area contributed by atoms with E-state index in [1.54, 1.807) is 0 Å². The summed E-state index contributed by atoms with van der Waals surface area (Å²) >= 11 is 1.51. The SMILES string of the molecule is CC1CCCC(CNC(=O)c2csc(CCN)n2)C1. The zero-order chi connectivity index (χ0) is 13.7. The van der Waals surface area contributed by atoms with Crippen LogP contribution < -0.4 is 11.1 Å². The van der Waals surface area contributed by atoms with E-state index >= 15 is 0 Å². The average molecular weight is 281 g/mol. The Morgan fingerprint density at radius 1 is 1.58 bits per heavy atom. The van der Waals surface area contributed by atoms with E-state index in [1.807, 2.05) is 5.38 Å². The van der Waals surface area contributed by atoms with Crippen molar-refractivity contribution >= 4 is 17.2 Å². The molecule has 5 heteroatoms. The molecule has 1 aromatic rings. The monoisotopic (exact) mass is 281 g/mol. The van der Waals surface area contributed by atoms with E-state index in [1.165, 1.54) is 37.0 Å². The Kier molecular flexibility index (Phi) is 5.34. The number of rotatable bonds is 5. The molecule has 0 radical (unpaired) electrons. The number of hydrogen-bond donors (Lipinski definition) is 2. The number of thiazole rings is 1. The molecule has 2 atom stereocenters. The Labute approximate surface area is 118 Å². The van der Waals surface area contributed by atoms with Gasteiger partial charge in [-0.1, -0.05) is 19.8 Å². The summed E-state index contributed by atoms with van der Waals surface area (Å²) in [6, 6.07) is 0. The van der Waals surface area contributed by atoms with Gasteiger partial charge in [0.1, 0.15) is 5.69 Å². The van der Waals surface area contributed by atoms with Gasteiger partial charge in [0.15, 0.2) is 0 Å². The lowest BCUT2D eigenvalue weighted by atomic mass is 9.82. The Hall–Kier alpha value is -0.940. The molecule has 0 aliphatic heterocycles. The molecular weight excluding hydrogens is 258 g/mol.